The summed E-state index contributed by atoms with van der Waals surface area (Å²) in [6, 6.07) is 7.23. The van der Waals surface area contributed by atoms with Crippen LogP contribution in [0.2, 0.25) is 0 Å². The van der Waals surface area contributed by atoms with E-state index >= 15 is 0 Å². The van der Waals surface area contributed by atoms with E-state index in [1.165, 1.54) is 24.0 Å². The lowest BCUT2D eigenvalue weighted by Gasteiger charge is -2.28. The molecule has 1 aromatic rings. The average molecular weight is 219 g/mol. The summed E-state index contributed by atoms with van der Waals surface area (Å²) >= 11 is 0. The van der Waals surface area contributed by atoms with Gasteiger partial charge in [-0.1, -0.05) is 12.1 Å². The Bertz CT molecular complexity index is 354. The summed E-state index contributed by atoms with van der Waals surface area (Å²) in [6.07, 6.45) is 2.57. The van der Waals surface area contributed by atoms with Gasteiger partial charge in [0.1, 0.15) is 5.75 Å². The van der Waals surface area contributed by atoms with Crippen molar-refractivity contribution in [3.05, 3.63) is 29.3 Å². The lowest BCUT2D eigenvalue weighted by Crippen LogP contribution is -2.35. The molecular formula is C14H21NO. The smallest absolute Gasteiger partial charge is 0.121 e. The largest absolute Gasteiger partial charge is 0.496 e. The molecule has 0 bridgehead atoms. The van der Waals surface area contributed by atoms with Crippen molar-refractivity contribution in [3.63, 3.8) is 0 Å². The summed E-state index contributed by atoms with van der Waals surface area (Å²) in [7, 11) is 1.73. The van der Waals surface area contributed by atoms with Crippen molar-refractivity contribution >= 4 is 0 Å². The minimum Gasteiger partial charge on any atom is -0.496 e. The van der Waals surface area contributed by atoms with Gasteiger partial charge >= 0.3 is 0 Å². The first-order valence-corrected chi connectivity index (χ1v) is 6.08. The van der Waals surface area contributed by atoms with Crippen LogP contribution in [0.3, 0.4) is 0 Å². The van der Waals surface area contributed by atoms with Gasteiger partial charge in [-0.05, 0) is 49.8 Å². The van der Waals surface area contributed by atoms with Crippen LogP contribution in [0.25, 0.3) is 0 Å². The zero-order chi connectivity index (χ0) is 11.5. The molecule has 1 aromatic carbocycles. The van der Waals surface area contributed by atoms with Crippen molar-refractivity contribution in [3.8, 4) is 5.75 Å². The standard InChI is InChI=1S/C14H21NO/c1-10-8-12(6-7-14(10)16-3)13-5-4-11(2)15-9-13/h6-8,11,13,15H,4-5,9H2,1-3H3. The van der Waals surface area contributed by atoms with Gasteiger partial charge in [0.05, 0.1) is 7.11 Å². The van der Waals surface area contributed by atoms with Crippen LogP contribution in [0.5, 0.6) is 5.75 Å². The van der Waals surface area contributed by atoms with Gasteiger partial charge in [-0.15, -0.1) is 0 Å². The van der Waals surface area contributed by atoms with E-state index in [-0.39, 0.29) is 0 Å². The quantitative estimate of drug-likeness (QED) is 0.826. The van der Waals surface area contributed by atoms with Crippen molar-refractivity contribution in [1.82, 2.24) is 5.32 Å². The molecule has 0 amide bonds. The van der Waals surface area contributed by atoms with E-state index in [0.717, 1.165) is 12.3 Å². The molecule has 1 N–H and O–H groups in total. The highest BCUT2D eigenvalue weighted by Crippen LogP contribution is 2.28. The summed E-state index contributed by atoms with van der Waals surface area (Å²) in [5, 5.41) is 3.55. The lowest BCUT2D eigenvalue weighted by atomic mass is 9.88. The number of nitrogens with one attached hydrogen (secondary N) is 1. The topological polar surface area (TPSA) is 21.3 Å². The maximum absolute atomic E-state index is 5.29. The molecule has 0 saturated carbocycles. The van der Waals surface area contributed by atoms with Crippen molar-refractivity contribution in [2.24, 2.45) is 0 Å². The maximum Gasteiger partial charge on any atom is 0.121 e. The van der Waals surface area contributed by atoms with Crippen LogP contribution in [0.4, 0.5) is 0 Å². The first-order valence-electron chi connectivity index (χ1n) is 6.08. The van der Waals surface area contributed by atoms with E-state index in [9.17, 15) is 0 Å². The lowest BCUT2D eigenvalue weighted by molar-refractivity contribution is 0.383. The molecule has 2 heteroatoms. The summed E-state index contributed by atoms with van der Waals surface area (Å²) in [6.45, 7) is 5.48. The molecule has 88 valence electrons. The zero-order valence-electron chi connectivity index (χ0n) is 10.4. The Morgan fingerprint density at radius 1 is 1.31 bits per heavy atom. The Hall–Kier alpha value is -1.02. The summed E-state index contributed by atoms with van der Waals surface area (Å²) in [4.78, 5) is 0. The van der Waals surface area contributed by atoms with E-state index in [4.69, 9.17) is 4.74 Å². The van der Waals surface area contributed by atoms with Gasteiger partial charge in [-0.25, -0.2) is 0 Å². The maximum atomic E-state index is 5.29. The molecule has 2 unspecified atom stereocenters. The Morgan fingerprint density at radius 3 is 2.69 bits per heavy atom. The Kier molecular flexibility index (Phi) is 3.49. The monoisotopic (exact) mass is 219 g/mol. The van der Waals surface area contributed by atoms with E-state index in [1.54, 1.807) is 7.11 Å². The minimum atomic E-state index is 0.667. The third-order valence-electron chi connectivity index (χ3n) is 3.55. The fourth-order valence-corrected chi connectivity index (χ4v) is 2.44. The zero-order valence-corrected chi connectivity index (χ0v) is 10.4. The van der Waals surface area contributed by atoms with Crippen LogP contribution in [-0.4, -0.2) is 19.7 Å². The summed E-state index contributed by atoms with van der Waals surface area (Å²) < 4.78 is 5.29. The molecule has 0 radical (unpaired) electrons. The molecule has 0 aromatic heterocycles. The minimum absolute atomic E-state index is 0.667. The number of hydrogen-bond donors (Lipinski definition) is 1. The third-order valence-corrected chi connectivity index (χ3v) is 3.55. The van der Waals surface area contributed by atoms with E-state index in [1.807, 2.05) is 0 Å². The fraction of sp³-hybridized carbons (Fsp3) is 0.571. The van der Waals surface area contributed by atoms with Crippen molar-refractivity contribution in [1.29, 1.82) is 0 Å². The SMILES string of the molecule is COc1ccc(C2CCC(C)NC2)cc1C. The van der Waals surface area contributed by atoms with Crippen molar-refractivity contribution in [2.45, 2.75) is 38.6 Å². The van der Waals surface area contributed by atoms with Crippen LogP contribution < -0.4 is 10.1 Å². The van der Waals surface area contributed by atoms with Crippen LogP contribution >= 0.6 is 0 Å². The van der Waals surface area contributed by atoms with Gasteiger partial charge in [-0.2, -0.15) is 0 Å². The Labute approximate surface area is 98.0 Å². The number of methoxy groups -OCH3 is 1. The second-order valence-corrected chi connectivity index (χ2v) is 4.81. The van der Waals surface area contributed by atoms with Gasteiger partial charge in [0.15, 0.2) is 0 Å². The fourth-order valence-electron chi connectivity index (χ4n) is 2.44. The second kappa shape index (κ2) is 4.88. The van der Waals surface area contributed by atoms with Crippen molar-refractivity contribution in [2.75, 3.05) is 13.7 Å². The number of hydrogen-bond acceptors (Lipinski definition) is 2. The molecule has 2 atom stereocenters. The molecule has 1 aliphatic rings. The van der Waals surface area contributed by atoms with Gasteiger partial charge in [0, 0.05) is 12.6 Å². The Balaban J connectivity index is 2.12. The molecule has 2 nitrogen and oxygen atoms in total. The number of aryl methyl sites for hydroxylation is 1. The molecule has 0 aliphatic carbocycles. The molecule has 1 saturated heterocycles. The predicted octanol–water partition coefficient (Wildman–Crippen LogP) is 2.86. The molecule has 1 fully saturated rings. The molecular weight excluding hydrogens is 198 g/mol. The Morgan fingerprint density at radius 2 is 2.12 bits per heavy atom. The molecule has 1 aliphatic heterocycles. The summed E-state index contributed by atoms with van der Waals surface area (Å²) in [5.74, 6) is 1.65. The van der Waals surface area contributed by atoms with Crippen molar-refractivity contribution < 1.29 is 4.74 Å². The highest BCUT2D eigenvalue weighted by Gasteiger charge is 2.19. The third kappa shape index (κ3) is 2.38. The number of ether oxygens (including phenoxy) is 1. The van der Waals surface area contributed by atoms with Gasteiger partial charge in [0.25, 0.3) is 0 Å². The first-order chi connectivity index (χ1) is 7.70. The molecule has 2 rings (SSSR count). The molecule has 16 heavy (non-hydrogen) atoms. The molecule has 0 spiro atoms. The van der Waals surface area contributed by atoms with Crippen LogP contribution in [0.15, 0.2) is 18.2 Å². The van der Waals surface area contributed by atoms with Gasteiger partial charge in [-0.3, -0.25) is 0 Å². The second-order valence-electron chi connectivity index (χ2n) is 4.81. The van der Waals surface area contributed by atoms with E-state index < -0.39 is 0 Å². The van der Waals surface area contributed by atoms with E-state index in [2.05, 4.69) is 37.4 Å². The highest BCUT2D eigenvalue weighted by atomic mass is 16.5. The van der Waals surface area contributed by atoms with Gasteiger partial charge < -0.3 is 10.1 Å². The van der Waals surface area contributed by atoms with Gasteiger partial charge in [0.2, 0.25) is 0 Å². The average Bonchev–Trinajstić information content (AvgIpc) is 2.30. The predicted molar refractivity (Wildman–Crippen MR) is 67.2 cm³/mol. The summed E-state index contributed by atoms with van der Waals surface area (Å²) in [5.41, 5.74) is 2.68. The van der Waals surface area contributed by atoms with Crippen LogP contribution in [0, 0.1) is 6.92 Å². The normalized spacial score (nSPS) is 25.4. The van der Waals surface area contributed by atoms with Crippen LogP contribution in [0.1, 0.15) is 36.8 Å². The van der Waals surface area contributed by atoms with E-state index in [0.29, 0.717) is 12.0 Å². The number of benzene rings is 1. The highest BCUT2D eigenvalue weighted by molar-refractivity contribution is 5.37. The van der Waals surface area contributed by atoms with Crippen LogP contribution in [-0.2, 0) is 0 Å². The molecule has 1 heterocycles. The first kappa shape index (κ1) is 11.5. The number of rotatable bonds is 2. The number of piperidine rings is 1.